The smallest absolute Gasteiger partial charge is 0.330 e. The van der Waals surface area contributed by atoms with Crippen molar-refractivity contribution in [2.45, 2.75) is 90.1 Å². The number of hydrogen-bond donors (Lipinski definition) is 0. The Balaban J connectivity index is 1.49. The van der Waals surface area contributed by atoms with Crippen LogP contribution in [0.1, 0.15) is 88.7 Å². The lowest BCUT2D eigenvalue weighted by atomic mass is 9.82. The summed E-state index contributed by atoms with van der Waals surface area (Å²) in [4.78, 5) is 16.6. The highest BCUT2D eigenvalue weighted by atomic mass is 16.5. The molecule has 0 atom stereocenters. The summed E-state index contributed by atoms with van der Waals surface area (Å²) in [6.45, 7) is 4.34. The molecule has 0 amide bonds. The Hall–Kier alpha value is -2.42. The van der Waals surface area contributed by atoms with Crippen LogP contribution in [0, 0.1) is 0 Å². The van der Waals surface area contributed by atoms with E-state index in [1.165, 1.54) is 36.0 Å². The normalized spacial score (nSPS) is 18.9. The lowest BCUT2D eigenvalue weighted by Gasteiger charge is -2.28. The zero-order chi connectivity index (χ0) is 21.9. The van der Waals surface area contributed by atoms with Crippen LogP contribution in [-0.4, -0.2) is 17.1 Å². The molecule has 0 aliphatic heterocycles. The van der Waals surface area contributed by atoms with Gasteiger partial charge in [-0.2, -0.15) is 0 Å². The second-order valence-electron chi connectivity index (χ2n) is 8.73. The van der Waals surface area contributed by atoms with Crippen LogP contribution < -0.4 is 0 Å². The zero-order valence-electron chi connectivity index (χ0n) is 19.2. The Bertz CT molecular complexity index is 815. The van der Waals surface area contributed by atoms with Crippen molar-refractivity contribution in [1.82, 2.24) is 4.98 Å². The molecule has 0 saturated heterocycles. The van der Waals surface area contributed by atoms with Gasteiger partial charge in [-0.15, -0.1) is 0 Å². The summed E-state index contributed by atoms with van der Waals surface area (Å²) in [6, 6.07) is 13.2. The molecule has 1 aliphatic rings. The fraction of sp³-hybridized carbons (Fsp3) is 0.500. The SMILES string of the molecule is CCC/C=C/C(=O)OC1CCC(c2ccc(-c3ccc(CCCCC)cn3)cc2)CC1. The minimum atomic E-state index is -0.190. The average molecular weight is 420 g/mol. The van der Waals surface area contributed by atoms with E-state index in [0.29, 0.717) is 5.92 Å². The molecule has 1 aromatic heterocycles. The maximum absolute atomic E-state index is 11.9. The van der Waals surface area contributed by atoms with Gasteiger partial charge in [0.25, 0.3) is 0 Å². The van der Waals surface area contributed by atoms with Crippen molar-refractivity contribution in [2.75, 3.05) is 0 Å². The Labute approximate surface area is 187 Å². The van der Waals surface area contributed by atoms with Gasteiger partial charge in [0.05, 0.1) is 5.69 Å². The molecule has 166 valence electrons. The Morgan fingerprint density at radius 2 is 1.77 bits per heavy atom. The number of carbonyl (C=O) groups excluding carboxylic acids is 1. The van der Waals surface area contributed by atoms with Crippen LogP contribution in [0.25, 0.3) is 11.3 Å². The minimum Gasteiger partial charge on any atom is -0.459 e. The van der Waals surface area contributed by atoms with Gasteiger partial charge in [-0.3, -0.25) is 4.98 Å². The number of pyridine rings is 1. The molecule has 1 aliphatic carbocycles. The van der Waals surface area contributed by atoms with Gasteiger partial charge in [0.1, 0.15) is 6.10 Å². The molecule has 1 fully saturated rings. The van der Waals surface area contributed by atoms with Gasteiger partial charge in [-0.1, -0.05) is 69.5 Å². The maximum atomic E-state index is 11.9. The van der Waals surface area contributed by atoms with Gasteiger partial charge in [0, 0.05) is 17.8 Å². The second-order valence-corrected chi connectivity index (χ2v) is 8.73. The van der Waals surface area contributed by atoms with E-state index < -0.39 is 0 Å². The van der Waals surface area contributed by atoms with Crippen molar-refractivity contribution in [3.63, 3.8) is 0 Å². The molecule has 1 heterocycles. The summed E-state index contributed by atoms with van der Waals surface area (Å²) in [5.74, 6) is 0.360. The summed E-state index contributed by atoms with van der Waals surface area (Å²) in [5.41, 5.74) is 4.92. The molecule has 0 spiro atoms. The summed E-state index contributed by atoms with van der Waals surface area (Å²) < 4.78 is 5.61. The van der Waals surface area contributed by atoms with E-state index in [9.17, 15) is 4.79 Å². The van der Waals surface area contributed by atoms with Gasteiger partial charge in [0.15, 0.2) is 0 Å². The molecule has 3 rings (SSSR count). The summed E-state index contributed by atoms with van der Waals surface area (Å²) in [7, 11) is 0. The molecule has 0 N–H and O–H groups in total. The summed E-state index contributed by atoms with van der Waals surface area (Å²) in [6.07, 6.45) is 16.5. The summed E-state index contributed by atoms with van der Waals surface area (Å²) in [5, 5.41) is 0. The molecule has 3 nitrogen and oxygen atoms in total. The third kappa shape index (κ3) is 7.34. The number of rotatable bonds is 10. The molecule has 0 bridgehead atoms. The van der Waals surface area contributed by atoms with E-state index in [-0.39, 0.29) is 12.1 Å². The zero-order valence-corrected chi connectivity index (χ0v) is 19.2. The Morgan fingerprint density at radius 3 is 2.42 bits per heavy atom. The predicted octanol–water partition coefficient (Wildman–Crippen LogP) is 7.41. The van der Waals surface area contributed by atoms with Gasteiger partial charge < -0.3 is 4.74 Å². The number of benzene rings is 1. The molecule has 0 radical (unpaired) electrons. The topological polar surface area (TPSA) is 39.2 Å². The minimum absolute atomic E-state index is 0.0642. The molecule has 1 saturated carbocycles. The van der Waals surface area contributed by atoms with Crippen LogP contribution in [-0.2, 0) is 16.0 Å². The van der Waals surface area contributed by atoms with Gasteiger partial charge in [0.2, 0.25) is 0 Å². The number of hydrogen-bond acceptors (Lipinski definition) is 3. The third-order valence-corrected chi connectivity index (χ3v) is 6.24. The number of esters is 1. The third-order valence-electron chi connectivity index (χ3n) is 6.24. The number of carbonyl (C=O) groups is 1. The fourth-order valence-electron chi connectivity index (χ4n) is 4.31. The van der Waals surface area contributed by atoms with E-state index >= 15 is 0 Å². The van der Waals surface area contributed by atoms with Gasteiger partial charge in [-0.05, 0) is 68.1 Å². The first kappa shape index (κ1) is 23.2. The van der Waals surface area contributed by atoms with Crippen LogP contribution in [0.3, 0.4) is 0 Å². The first-order chi connectivity index (χ1) is 15.2. The van der Waals surface area contributed by atoms with Crippen LogP contribution in [0.5, 0.6) is 0 Å². The first-order valence-electron chi connectivity index (χ1n) is 12.1. The number of allylic oxidation sites excluding steroid dienone is 1. The fourth-order valence-corrected chi connectivity index (χ4v) is 4.31. The molecule has 31 heavy (non-hydrogen) atoms. The number of ether oxygens (including phenoxy) is 1. The quantitative estimate of drug-likeness (QED) is 0.229. The highest BCUT2D eigenvalue weighted by molar-refractivity contribution is 5.82. The maximum Gasteiger partial charge on any atom is 0.330 e. The largest absolute Gasteiger partial charge is 0.459 e. The highest BCUT2D eigenvalue weighted by Gasteiger charge is 2.24. The molecule has 2 aromatic rings. The lowest BCUT2D eigenvalue weighted by Crippen LogP contribution is -2.23. The monoisotopic (exact) mass is 419 g/mol. The van der Waals surface area contributed by atoms with E-state index in [1.54, 1.807) is 6.08 Å². The highest BCUT2D eigenvalue weighted by Crippen LogP contribution is 2.35. The van der Waals surface area contributed by atoms with Crippen LogP contribution in [0.15, 0.2) is 54.7 Å². The number of aryl methyl sites for hydroxylation is 1. The van der Waals surface area contributed by atoms with Crippen molar-refractivity contribution in [1.29, 1.82) is 0 Å². The van der Waals surface area contributed by atoms with Gasteiger partial charge >= 0.3 is 5.97 Å². The number of unbranched alkanes of at least 4 members (excludes halogenated alkanes) is 3. The molecular formula is C28H37NO2. The standard InChI is InChI=1S/C28H37NO2/c1-3-5-7-9-22-11-20-27(29-21-22)25-14-12-23(13-15-25)24-16-18-26(19-17-24)31-28(30)10-8-6-4-2/h8,10-15,20-21,24,26H,3-7,9,16-19H2,1-2H3/b10-8+. The number of nitrogens with zero attached hydrogens (tertiary/aromatic N) is 1. The lowest BCUT2D eigenvalue weighted by molar-refractivity contribution is -0.144. The Kier molecular flexibility index (Phi) is 9.33. The molecule has 3 heteroatoms. The molecular weight excluding hydrogens is 382 g/mol. The second kappa shape index (κ2) is 12.4. The average Bonchev–Trinajstić information content (AvgIpc) is 2.81. The van der Waals surface area contributed by atoms with E-state index in [4.69, 9.17) is 4.74 Å². The van der Waals surface area contributed by atoms with Crippen molar-refractivity contribution in [2.24, 2.45) is 0 Å². The van der Waals surface area contributed by atoms with Crippen LogP contribution >= 0.6 is 0 Å². The van der Waals surface area contributed by atoms with Crippen molar-refractivity contribution in [3.05, 3.63) is 65.9 Å². The van der Waals surface area contributed by atoms with Crippen molar-refractivity contribution >= 4 is 5.97 Å². The van der Waals surface area contributed by atoms with Crippen LogP contribution in [0.4, 0.5) is 0 Å². The van der Waals surface area contributed by atoms with E-state index in [1.807, 2.05) is 12.3 Å². The molecule has 1 aromatic carbocycles. The molecule has 0 unspecified atom stereocenters. The number of aromatic nitrogens is 1. The van der Waals surface area contributed by atoms with E-state index in [0.717, 1.165) is 50.6 Å². The van der Waals surface area contributed by atoms with Crippen molar-refractivity contribution < 1.29 is 9.53 Å². The first-order valence-corrected chi connectivity index (χ1v) is 12.1. The van der Waals surface area contributed by atoms with E-state index in [2.05, 4.69) is 55.2 Å². The van der Waals surface area contributed by atoms with Gasteiger partial charge in [-0.25, -0.2) is 4.79 Å². The van der Waals surface area contributed by atoms with Crippen LogP contribution in [0.2, 0.25) is 0 Å². The van der Waals surface area contributed by atoms with Crippen molar-refractivity contribution in [3.8, 4) is 11.3 Å². The Morgan fingerprint density at radius 1 is 1.00 bits per heavy atom. The summed E-state index contributed by atoms with van der Waals surface area (Å²) >= 11 is 0. The predicted molar refractivity (Wildman–Crippen MR) is 128 cm³/mol.